The molecule has 0 aliphatic carbocycles. The summed E-state index contributed by atoms with van der Waals surface area (Å²) >= 11 is 0. The normalized spacial score (nSPS) is 17.9. The molecule has 3 aromatic carbocycles. The lowest BCUT2D eigenvalue weighted by atomic mass is 9.87. The van der Waals surface area contributed by atoms with Crippen molar-refractivity contribution in [2.45, 2.75) is 12.5 Å². The Labute approximate surface area is 119 Å². The van der Waals surface area contributed by atoms with Gasteiger partial charge in [-0.2, -0.15) is 0 Å². The molecule has 98 valence electrons. The molecule has 0 bridgehead atoms. The standard InChI is InChI=1S/C19H17N/c1-3-9-16-14(6-1)8-5-11-18(16)19-17-10-4-2-7-15(17)12-13-20-19/h1-11,19-20H,12-13H2/t19-/m0/s1. The molecule has 0 radical (unpaired) electrons. The van der Waals surface area contributed by atoms with Gasteiger partial charge in [0.05, 0.1) is 6.04 Å². The first kappa shape index (κ1) is 11.7. The maximum absolute atomic E-state index is 3.68. The van der Waals surface area contributed by atoms with Crippen LogP contribution < -0.4 is 5.32 Å². The molecule has 0 aromatic heterocycles. The molecule has 20 heavy (non-hydrogen) atoms. The second-order valence-corrected chi connectivity index (χ2v) is 5.40. The third kappa shape index (κ3) is 1.83. The van der Waals surface area contributed by atoms with Gasteiger partial charge < -0.3 is 5.32 Å². The maximum Gasteiger partial charge on any atom is 0.0585 e. The Morgan fingerprint density at radius 3 is 2.50 bits per heavy atom. The average Bonchev–Trinajstić information content (AvgIpc) is 2.54. The molecule has 1 aliphatic heterocycles. The zero-order valence-corrected chi connectivity index (χ0v) is 11.3. The molecule has 4 rings (SSSR count). The Bertz CT molecular complexity index is 755. The number of hydrogen-bond donors (Lipinski definition) is 1. The van der Waals surface area contributed by atoms with Crippen molar-refractivity contribution < 1.29 is 0 Å². The Kier molecular flexibility index (Phi) is 2.79. The van der Waals surface area contributed by atoms with E-state index in [2.05, 4.69) is 72.0 Å². The SMILES string of the molecule is c1ccc2c(c1)CCN[C@@H]2c1cccc2ccccc12. The van der Waals surface area contributed by atoms with E-state index in [0.29, 0.717) is 6.04 Å². The highest BCUT2D eigenvalue weighted by molar-refractivity contribution is 5.86. The van der Waals surface area contributed by atoms with Gasteiger partial charge >= 0.3 is 0 Å². The van der Waals surface area contributed by atoms with E-state index in [9.17, 15) is 0 Å². The molecule has 0 spiro atoms. The first-order chi connectivity index (χ1) is 9.93. The van der Waals surface area contributed by atoms with Gasteiger partial charge in [-0.05, 0) is 33.9 Å². The summed E-state index contributed by atoms with van der Waals surface area (Å²) in [7, 11) is 0. The molecule has 1 N–H and O–H groups in total. The van der Waals surface area contributed by atoms with Crippen molar-refractivity contribution in [3.8, 4) is 0 Å². The third-order valence-corrected chi connectivity index (χ3v) is 4.24. The van der Waals surface area contributed by atoms with Gasteiger partial charge in [-0.25, -0.2) is 0 Å². The van der Waals surface area contributed by atoms with Crippen molar-refractivity contribution in [3.63, 3.8) is 0 Å². The Balaban J connectivity index is 1.93. The van der Waals surface area contributed by atoms with E-state index in [0.717, 1.165) is 13.0 Å². The van der Waals surface area contributed by atoms with Crippen LogP contribution in [0.4, 0.5) is 0 Å². The zero-order valence-electron chi connectivity index (χ0n) is 11.3. The fraction of sp³-hybridized carbons (Fsp3) is 0.158. The molecule has 0 fully saturated rings. The highest BCUT2D eigenvalue weighted by atomic mass is 14.9. The van der Waals surface area contributed by atoms with Gasteiger partial charge in [0.1, 0.15) is 0 Å². The van der Waals surface area contributed by atoms with Crippen LogP contribution in [-0.2, 0) is 6.42 Å². The molecule has 1 atom stereocenters. The van der Waals surface area contributed by atoms with Crippen LogP contribution in [0, 0.1) is 0 Å². The fourth-order valence-electron chi connectivity index (χ4n) is 3.28. The highest BCUT2D eigenvalue weighted by Gasteiger charge is 2.21. The van der Waals surface area contributed by atoms with Gasteiger partial charge in [0, 0.05) is 6.54 Å². The molecular weight excluding hydrogens is 242 g/mol. The van der Waals surface area contributed by atoms with Crippen molar-refractivity contribution in [3.05, 3.63) is 83.4 Å². The number of hydrogen-bond acceptors (Lipinski definition) is 1. The van der Waals surface area contributed by atoms with Crippen LogP contribution in [0.15, 0.2) is 66.7 Å². The van der Waals surface area contributed by atoms with Gasteiger partial charge in [-0.1, -0.05) is 66.7 Å². The molecule has 0 saturated carbocycles. The van der Waals surface area contributed by atoms with E-state index in [1.54, 1.807) is 0 Å². The third-order valence-electron chi connectivity index (χ3n) is 4.24. The van der Waals surface area contributed by atoms with Crippen molar-refractivity contribution in [1.29, 1.82) is 0 Å². The summed E-state index contributed by atoms with van der Waals surface area (Å²) in [6.07, 6.45) is 1.12. The molecular formula is C19H17N. The average molecular weight is 259 g/mol. The van der Waals surface area contributed by atoms with E-state index in [-0.39, 0.29) is 0 Å². The molecule has 1 heteroatoms. The first-order valence-electron chi connectivity index (χ1n) is 7.22. The van der Waals surface area contributed by atoms with Gasteiger partial charge in [0.2, 0.25) is 0 Å². The van der Waals surface area contributed by atoms with Gasteiger partial charge in [0.15, 0.2) is 0 Å². The molecule has 0 saturated heterocycles. The van der Waals surface area contributed by atoms with Gasteiger partial charge in [-0.15, -0.1) is 0 Å². The van der Waals surface area contributed by atoms with Gasteiger partial charge in [-0.3, -0.25) is 0 Å². The highest BCUT2D eigenvalue weighted by Crippen LogP contribution is 2.32. The van der Waals surface area contributed by atoms with Crippen molar-refractivity contribution >= 4 is 10.8 Å². The molecule has 0 amide bonds. The molecule has 1 nitrogen and oxygen atoms in total. The van der Waals surface area contributed by atoms with Crippen molar-refractivity contribution in [2.75, 3.05) is 6.54 Å². The lowest BCUT2D eigenvalue weighted by Gasteiger charge is -2.28. The minimum atomic E-state index is 0.311. The van der Waals surface area contributed by atoms with Gasteiger partial charge in [0.25, 0.3) is 0 Å². The molecule has 1 aliphatic rings. The van der Waals surface area contributed by atoms with E-state index in [1.165, 1.54) is 27.5 Å². The summed E-state index contributed by atoms with van der Waals surface area (Å²) in [6.45, 7) is 1.05. The van der Waals surface area contributed by atoms with E-state index in [1.807, 2.05) is 0 Å². The summed E-state index contributed by atoms with van der Waals surface area (Å²) in [4.78, 5) is 0. The maximum atomic E-state index is 3.68. The van der Waals surface area contributed by atoms with E-state index < -0.39 is 0 Å². The summed E-state index contributed by atoms with van der Waals surface area (Å²) in [5.41, 5.74) is 4.29. The number of benzene rings is 3. The summed E-state index contributed by atoms with van der Waals surface area (Å²) in [6, 6.07) is 24.4. The lowest BCUT2D eigenvalue weighted by Crippen LogP contribution is -2.30. The van der Waals surface area contributed by atoms with Crippen LogP contribution >= 0.6 is 0 Å². The fourth-order valence-corrected chi connectivity index (χ4v) is 3.28. The number of fused-ring (bicyclic) bond motifs is 2. The predicted molar refractivity (Wildman–Crippen MR) is 83.9 cm³/mol. The van der Waals surface area contributed by atoms with Crippen LogP contribution in [0.1, 0.15) is 22.7 Å². The van der Waals surface area contributed by atoms with Crippen molar-refractivity contribution in [2.24, 2.45) is 0 Å². The second-order valence-electron chi connectivity index (χ2n) is 5.40. The van der Waals surface area contributed by atoms with Crippen molar-refractivity contribution in [1.82, 2.24) is 5.32 Å². The smallest absolute Gasteiger partial charge is 0.0585 e. The minimum Gasteiger partial charge on any atom is -0.306 e. The molecule has 3 aromatic rings. The lowest BCUT2D eigenvalue weighted by molar-refractivity contribution is 0.571. The minimum absolute atomic E-state index is 0.311. The van der Waals surface area contributed by atoms with E-state index >= 15 is 0 Å². The quantitative estimate of drug-likeness (QED) is 0.694. The Hall–Kier alpha value is -2.12. The monoisotopic (exact) mass is 259 g/mol. The Morgan fingerprint density at radius 1 is 0.750 bits per heavy atom. The first-order valence-corrected chi connectivity index (χ1v) is 7.22. The summed E-state index contributed by atoms with van der Waals surface area (Å²) in [5.74, 6) is 0. The van der Waals surface area contributed by atoms with Crippen LogP contribution in [0.5, 0.6) is 0 Å². The van der Waals surface area contributed by atoms with Crippen LogP contribution in [0.2, 0.25) is 0 Å². The number of rotatable bonds is 1. The molecule has 1 heterocycles. The van der Waals surface area contributed by atoms with Crippen LogP contribution in [0.25, 0.3) is 10.8 Å². The topological polar surface area (TPSA) is 12.0 Å². The predicted octanol–water partition coefficient (Wildman–Crippen LogP) is 4.07. The summed E-state index contributed by atoms with van der Waals surface area (Å²) in [5, 5.41) is 6.35. The largest absolute Gasteiger partial charge is 0.306 e. The van der Waals surface area contributed by atoms with Crippen LogP contribution in [0.3, 0.4) is 0 Å². The number of nitrogens with one attached hydrogen (secondary N) is 1. The second kappa shape index (κ2) is 4.77. The summed E-state index contributed by atoms with van der Waals surface area (Å²) < 4.78 is 0. The van der Waals surface area contributed by atoms with Crippen LogP contribution in [-0.4, -0.2) is 6.54 Å². The zero-order chi connectivity index (χ0) is 13.4. The Morgan fingerprint density at radius 2 is 1.50 bits per heavy atom. The molecule has 0 unspecified atom stereocenters. The van der Waals surface area contributed by atoms with E-state index in [4.69, 9.17) is 0 Å².